The molecule has 2 N–H and O–H groups in total. The van der Waals surface area contributed by atoms with Gasteiger partial charge in [0.05, 0.1) is 28.7 Å². The number of fused-ring (bicyclic) bond motifs is 1. The van der Waals surface area contributed by atoms with Crippen LogP contribution in [0.1, 0.15) is 49.7 Å². The molecule has 7 nitrogen and oxygen atoms in total. The van der Waals surface area contributed by atoms with Crippen LogP contribution in [0.15, 0.2) is 30.5 Å². The van der Waals surface area contributed by atoms with Crippen LogP contribution in [0.25, 0.3) is 10.9 Å². The van der Waals surface area contributed by atoms with Gasteiger partial charge in [0.25, 0.3) is 6.43 Å². The lowest BCUT2D eigenvalue weighted by Crippen LogP contribution is -2.32. The summed E-state index contributed by atoms with van der Waals surface area (Å²) in [6.45, 7) is 5.94. The maximum atomic E-state index is 14.7. The average Bonchev–Trinajstić information content (AvgIpc) is 3.17. The van der Waals surface area contributed by atoms with Crippen LogP contribution in [-0.2, 0) is 4.79 Å². The van der Waals surface area contributed by atoms with Gasteiger partial charge in [-0.2, -0.15) is 0 Å². The van der Waals surface area contributed by atoms with E-state index in [1.807, 2.05) is 4.90 Å². The number of carboxylic acid groups (broad SMARTS) is 1. The largest absolute Gasteiger partial charge is 0.481 e. The van der Waals surface area contributed by atoms with E-state index in [0.717, 1.165) is 6.07 Å². The average molecular weight is 459 g/mol. The van der Waals surface area contributed by atoms with Crippen LogP contribution < -0.4 is 10.2 Å². The van der Waals surface area contributed by atoms with Crippen LogP contribution in [-0.4, -0.2) is 39.1 Å². The van der Waals surface area contributed by atoms with Crippen LogP contribution >= 0.6 is 0 Å². The first-order valence-corrected chi connectivity index (χ1v) is 10.5. The number of benzene rings is 1. The third-order valence-electron chi connectivity index (χ3n) is 6.11. The summed E-state index contributed by atoms with van der Waals surface area (Å²) in [4.78, 5) is 26.8. The van der Waals surface area contributed by atoms with Crippen LogP contribution in [0.2, 0.25) is 0 Å². The zero-order chi connectivity index (χ0) is 23.9. The number of anilines is 2. The van der Waals surface area contributed by atoms with Gasteiger partial charge >= 0.3 is 5.97 Å². The Bertz CT molecular complexity index is 1220. The van der Waals surface area contributed by atoms with E-state index in [9.17, 15) is 23.1 Å². The normalized spacial score (nSPS) is 19.3. The molecule has 1 saturated heterocycles. The van der Waals surface area contributed by atoms with Gasteiger partial charge in [0.1, 0.15) is 23.3 Å². The van der Waals surface area contributed by atoms with E-state index >= 15 is 0 Å². The lowest BCUT2D eigenvalue weighted by atomic mass is 9.90. The monoisotopic (exact) mass is 459 g/mol. The first-order chi connectivity index (χ1) is 15.6. The number of hydrogen-bond donors (Lipinski definition) is 2. The summed E-state index contributed by atoms with van der Waals surface area (Å²) in [5.74, 6) is -0.339. The molecule has 2 atom stereocenters. The Morgan fingerprint density at radius 2 is 2.00 bits per heavy atom. The molecule has 1 fully saturated rings. The second-order valence-corrected chi connectivity index (χ2v) is 8.63. The van der Waals surface area contributed by atoms with Crippen LogP contribution in [0.3, 0.4) is 0 Å². The molecule has 10 heteroatoms. The van der Waals surface area contributed by atoms with Crippen molar-refractivity contribution in [3.63, 3.8) is 0 Å². The third kappa shape index (κ3) is 4.29. The van der Waals surface area contributed by atoms with Crippen molar-refractivity contribution in [2.24, 2.45) is 5.41 Å². The molecule has 3 aromatic rings. The standard InChI is InChI=1S/C23H24F3N5O2/c1-12(14-5-4-6-15(19(14)24)20(25)26)28-21-16-9-18(27-10-17(16)29-13(2)30-21)31-8-7-23(3,11-31)22(32)33/h4-6,9-10,12,20H,7-8,11H2,1-3H3,(H,32,33)(H,28,29,30)/t12-,23?/m1/s1. The molecule has 0 aliphatic carbocycles. The van der Waals surface area contributed by atoms with Gasteiger partial charge in [-0.1, -0.05) is 18.2 Å². The molecular weight excluding hydrogens is 435 g/mol. The summed E-state index contributed by atoms with van der Waals surface area (Å²) < 4.78 is 40.9. The predicted octanol–water partition coefficient (Wildman–Crippen LogP) is 4.88. The van der Waals surface area contributed by atoms with Crippen molar-refractivity contribution in [3.8, 4) is 0 Å². The second kappa shape index (κ2) is 8.49. The fourth-order valence-corrected chi connectivity index (χ4v) is 4.11. The van der Waals surface area contributed by atoms with Gasteiger partial charge in [-0.25, -0.2) is 28.1 Å². The summed E-state index contributed by atoms with van der Waals surface area (Å²) in [6.07, 6.45) is -0.831. The molecule has 0 radical (unpaired) electrons. The minimum atomic E-state index is -2.91. The molecule has 0 amide bonds. The third-order valence-corrected chi connectivity index (χ3v) is 6.11. The number of pyridine rings is 1. The lowest BCUT2D eigenvalue weighted by Gasteiger charge is -2.22. The van der Waals surface area contributed by atoms with E-state index in [1.165, 1.54) is 12.1 Å². The first kappa shape index (κ1) is 22.8. The van der Waals surface area contributed by atoms with Gasteiger partial charge in [-0.05, 0) is 33.3 Å². The number of halogens is 3. The number of aliphatic carboxylic acids is 1. The number of hydrogen-bond acceptors (Lipinski definition) is 6. The van der Waals surface area contributed by atoms with Crippen molar-refractivity contribution in [1.82, 2.24) is 15.0 Å². The molecule has 1 aromatic carbocycles. The number of carboxylic acids is 1. The highest BCUT2D eigenvalue weighted by atomic mass is 19.3. The van der Waals surface area contributed by atoms with Crippen LogP contribution in [0, 0.1) is 18.2 Å². The van der Waals surface area contributed by atoms with E-state index in [-0.39, 0.29) is 5.56 Å². The molecule has 1 unspecified atom stereocenters. The van der Waals surface area contributed by atoms with Crippen LogP contribution in [0.4, 0.5) is 24.8 Å². The van der Waals surface area contributed by atoms with E-state index in [2.05, 4.69) is 20.3 Å². The SMILES string of the molecule is Cc1nc(N[C@H](C)c2cccc(C(F)F)c2F)c2cc(N3CCC(C)(C(=O)O)C3)ncc2n1. The van der Waals surface area contributed by atoms with Gasteiger partial charge in [0.15, 0.2) is 0 Å². The van der Waals surface area contributed by atoms with Gasteiger partial charge in [0.2, 0.25) is 0 Å². The Kier molecular flexibility index (Phi) is 5.85. The highest BCUT2D eigenvalue weighted by molar-refractivity contribution is 5.90. The van der Waals surface area contributed by atoms with Crippen molar-refractivity contribution >= 4 is 28.5 Å². The maximum Gasteiger partial charge on any atom is 0.311 e. The zero-order valence-electron chi connectivity index (χ0n) is 18.4. The first-order valence-electron chi connectivity index (χ1n) is 10.5. The Hall–Kier alpha value is -3.43. The fourth-order valence-electron chi connectivity index (χ4n) is 4.11. The number of alkyl halides is 2. The lowest BCUT2D eigenvalue weighted by molar-refractivity contribution is -0.146. The molecule has 0 saturated carbocycles. The van der Waals surface area contributed by atoms with Crippen molar-refractivity contribution < 1.29 is 23.1 Å². The molecule has 2 aromatic heterocycles. The van der Waals surface area contributed by atoms with E-state index < -0.39 is 35.2 Å². The molecule has 33 heavy (non-hydrogen) atoms. The van der Waals surface area contributed by atoms with E-state index in [4.69, 9.17) is 0 Å². The molecule has 1 aliphatic rings. The predicted molar refractivity (Wildman–Crippen MR) is 118 cm³/mol. The van der Waals surface area contributed by atoms with Gasteiger partial charge in [-0.15, -0.1) is 0 Å². The summed E-state index contributed by atoms with van der Waals surface area (Å²) in [5, 5.41) is 13.3. The molecular formula is C23H24F3N5O2. The number of aryl methyl sites for hydroxylation is 1. The van der Waals surface area contributed by atoms with E-state index in [1.54, 1.807) is 33.0 Å². The molecule has 4 rings (SSSR count). The fraction of sp³-hybridized carbons (Fsp3) is 0.391. The second-order valence-electron chi connectivity index (χ2n) is 8.63. The summed E-state index contributed by atoms with van der Waals surface area (Å²) >= 11 is 0. The molecule has 0 spiro atoms. The van der Waals surface area contributed by atoms with E-state index in [0.29, 0.717) is 47.9 Å². The number of rotatable bonds is 6. The zero-order valence-corrected chi connectivity index (χ0v) is 18.4. The van der Waals surface area contributed by atoms with Gasteiger partial charge in [-0.3, -0.25) is 4.79 Å². The molecule has 3 heterocycles. The minimum Gasteiger partial charge on any atom is -0.481 e. The van der Waals surface area contributed by atoms with Gasteiger partial charge in [0, 0.05) is 24.0 Å². The smallest absolute Gasteiger partial charge is 0.311 e. The topological polar surface area (TPSA) is 91.2 Å². The summed E-state index contributed by atoms with van der Waals surface area (Å²) in [7, 11) is 0. The number of carbonyl (C=O) groups is 1. The number of nitrogens with zero attached hydrogens (tertiary/aromatic N) is 4. The quantitative estimate of drug-likeness (QED) is 0.543. The molecule has 0 bridgehead atoms. The van der Waals surface area contributed by atoms with Gasteiger partial charge < -0.3 is 15.3 Å². The maximum absolute atomic E-state index is 14.7. The van der Waals surface area contributed by atoms with Crippen molar-refractivity contribution in [2.75, 3.05) is 23.3 Å². The highest BCUT2D eigenvalue weighted by Crippen LogP contribution is 2.35. The Balaban J connectivity index is 1.69. The Morgan fingerprint density at radius 3 is 2.67 bits per heavy atom. The summed E-state index contributed by atoms with van der Waals surface area (Å²) in [5.41, 5.74) is -0.846. The Morgan fingerprint density at radius 1 is 1.27 bits per heavy atom. The molecule has 174 valence electrons. The van der Waals surface area contributed by atoms with Crippen molar-refractivity contribution in [2.45, 2.75) is 39.7 Å². The number of aromatic nitrogens is 3. The van der Waals surface area contributed by atoms with Crippen molar-refractivity contribution in [3.05, 3.63) is 53.2 Å². The Labute approximate surface area is 188 Å². The highest BCUT2D eigenvalue weighted by Gasteiger charge is 2.41. The van der Waals surface area contributed by atoms with Crippen molar-refractivity contribution in [1.29, 1.82) is 0 Å². The molecule has 1 aliphatic heterocycles. The minimum absolute atomic E-state index is 0.100. The number of nitrogens with one attached hydrogen (secondary N) is 1. The summed E-state index contributed by atoms with van der Waals surface area (Å²) in [6, 6.07) is 5.04. The van der Waals surface area contributed by atoms with Crippen LogP contribution in [0.5, 0.6) is 0 Å².